The summed E-state index contributed by atoms with van der Waals surface area (Å²) in [5.74, 6) is -0.336. The number of benzene rings is 2. The van der Waals surface area contributed by atoms with Gasteiger partial charge in [0.25, 0.3) is 5.91 Å². The molecule has 2 aromatic carbocycles. The van der Waals surface area contributed by atoms with Crippen LogP contribution in [0.25, 0.3) is 0 Å². The Labute approximate surface area is 148 Å². The highest BCUT2D eigenvalue weighted by Crippen LogP contribution is 2.17. The van der Waals surface area contributed by atoms with E-state index in [2.05, 4.69) is 5.32 Å². The van der Waals surface area contributed by atoms with Gasteiger partial charge in [0, 0.05) is 0 Å². The highest BCUT2D eigenvalue weighted by molar-refractivity contribution is 5.81. The van der Waals surface area contributed by atoms with Crippen molar-refractivity contribution in [3.63, 3.8) is 0 Å². The molecular weight excluding hydrogens is 318 g/mol. The van der Waals surface area contributed by atoms with E-state index in [0.29, 0.717) is 5.75 Å². The molecule has 0 bridgehead atoms. The molecule has 0 aliphatic heterocycles. The summed E-state index contributed by atoms with van der Waals surface area (Å²) < 4.78 is 10.2. The molecule has 0 saturated carbocycles. The first-order valence-electron chi connectivity index (χ1n) is 8.28. The zero-order valence-corrected chi connectivity index (χ0v) is 14.5. The van der Waals surface area contributed by atoms with Gasteiger partial charge in [-0.05, 0) is 31.0 Å². The molecule has 0 aliphatic carbocycles. The van der Waals surface area contributed by atoms with Gasteiger partial charge >= 0.3 is 5.97 Å². The van der Waals surface area contributed by atoms with Crippen LogP contribution in [0.5, 0.6) is 5.75 Å². The molecule has 0 fully saturated rings. The zero-order chi connectivity index (χ0) is 18.1. The molecule has 1 amide bonds. The lowest BCUT2D eigenvalue weighted by atomic mass is 10.0. The van der Waals surface area contributed by atoms with E-state index in [1.165, 1.54) is 0 Å². The molecule has 0 heterocycles. The summed E-state index contributed by atoms with van der Waals surface area (Å²) >= 11 is 0. The lowest BCUT2D eigenvalue weighted by Crippen LogP contribution is -2.32. The summed E-state index contributed by atoms with van der Waals surface area (Å²) in [5.41, 5.74) is 2.19. The molecule has 5 nitrogen and oxygen atoms in total. The Morgan fingerprint density at radius 1 is 1.00 bits per heavy atom. The summed E-state index contributed by atoms with van der Waals surface area (Å²) in [6.45, 7) is 3.45. The largest absolute Gasteiger partial charge is 0.482 e. The van der Waals surface area contributed by atoms with Gasteiger partial charge in [-0.25, -0.2) is 4.79 Å². The summed E-state index contributed by atoms with van der Waals surface area (Å²) in [6, 6.07) is 16.8. The first-order valence-corrected chi connectivity index (χ1v) is 8.28. The van der Waals surface area contributed by atoms with Crippen molar-refractivity contribution in [2.75, 3.05) is 13.2 Å². The molecule has 2 aromatic rings. The van der Waals surface area contributed by atoms with E-state index in [0.717, 1.165) is 17.5 Å². The van der Waals surface area contributed by atoms with Gasteiger partial charge in [-0.1, -0.05) is 55.0 Å². The lowest BCUT2D eigenvalue weighted by Gasteiger charge is -2.17. The molecule has 0 spiro atoms. The van der Waals surface area contributed by atoms with E-state index in [9.17, 15) is 9.59 Å². The molecule has 0 saturated heterocycles. The fourth-order valence-electron chi connectivity index (χ4n) is 2.30. The van der Waals surface area contributed by atoms with Crippen LogP contribution in [-0.4, -0.2) is 25.1 Å². The topological polar surface area (TPSA) is 64.6 Å². The highest BCUT2D eigenvalue weighted by Gasteiger charge is 2.14. The third kappa shape index (κ3) is 6.30. The van der Waals surface area contributed by atoms with Crippen LogP contribution in [0.15, 0.2) is 54.6 Å². The number of amides is 1. The molecule has 1 atom stereocenters. The minimum Gasteiger partial charge on any atom is -0.482 e. The van der Waals surface area contributed by atoms with E-state index < -0.39 is 5.97 Å². The van der Waals surface area contributed by atoms with Gasteiger partial charge in [0.15, 0.2) is 13.2 Å². The molecule has 0 aliphatic rings. The van der Waals surface area contributed by atoms with Crippen LogP contribution in [0, 0.1) is 6.92 Å². The number of carbonyl (C=O) groups is 2. The molecule has 132 valence electrons. The summed E-state index contributed by atoms with van der Waals surface area (Å²) in [6.07, 6.45) is 0.750. The number of rotatable bonds is 8. The predicted octanol–water partition coefficient (Wildman–Crippen LogP) is 3.18. The molecule has 1 N–H and O–H groups in total. The number of para-hydroxylation sites is 1. The fraction of sp³-hybridized carbons (Fsp3) is 0.300. The first kappa shape index (κ1) is 18.5. The minimum absolute atomic E-state index is 0.104. The van der Waals surface area contributed by atoms with Gasteiger partial charge in [-0.2, -0.15) is 0 Å². The average molecular weight is 341 g/mol. The van der Waals surface area contributed by atoms with E-state index >= 15 is 0 Å². The highest BCUT2D eigenvalue weighted by atomic mass is 16.6. The summed E-state index contributed by atoms with van der Waals surface area (Å²) in [5, 5.41) is 2.87. The van der Waals surface area contributed by atoms with Crippen LogP contribution in [0.1, 0.15) is 30.5 Å². The Morgan fingerprint density at radius 3 is 2.32 bits per heavy atom. The summed E-state index contributed by atoms with van der Waals surface area (Å²) in [7, 11) is 0. The van der Waals surface area contributed by atoms with Crippen molar-refractivity contribution in [2.45, 2.75) is 26.3 Å². The van der Waals surface area contributed by atoms with Crippen LogP contribution >= 0.6 is 0 Å². The Kier molecular flexibility index (Phi) is 7.01. The number of ether oxygens (including phenoxy) is 2. The van der Waals surface area contributed by atoms with Crippen LogP contribution in [0.4, 0.5) is 0 Å². The normalized spacial score (nSPS) is 11.4. The Balaban J connectivity index is 1.75. The maximum Gasteiger partial charge on any atom is 0.344 e. The minimum atomic E-state index is -0.581. The van der Waals surface area contributed by atoms with Crippen LogP contribution in [0.2, 0.25) is 0 Å². The average Bonchev–Trinajstić information content (AvgIpc) is 2.64. The number of hydrogen-bond donors (Lipinski definition) is 1. The fourth-order valence-corrected chi connectivity index (χ4v) is 2.30. The first-order chi connectivity index (χ1) is 12.1. The van der Waals surface area contributed by atoms with Gasteiger partial charge in [0.1, 0.15) is 5.75 Å². The van der Waals surface area contributed by atoms with E-state index in [1.54, 1.807) is 12.1 Å². The van der Waals surface area contributed by atoms with Crippen molar-refractivity contribution >= 4 is 11.9 Å². The van der Waals surface area contributed by atoms with E-state index in [-0.39, 0.29) is 25.2 Å². The van der Waals surface area contributed by atoms with Crippen molar-refractivity contribution in [3.8, 4) is 5.75 Å². The van der Waals surface area contributed by atoms with Crippen molar-refractivity contribution in [3.05, 3.63) is 65.7 Å². The second-order valence-electron chi connectivity index (χ2n) is 5.70. The van der Waals surface area contributed by atoms with Crippen LogP contribution in [0.3, 0.4) is 0 Å². The second kappa shape index (κ2) is 9.47. The molecule has 25 heavy (non-hydrogen) atoms. The number of aryl methyl sites for hydroxylation is 1. The standard InChI is InChI=1S/C20H23NO4/c1-3-18(16-11-9-15(2)10-12-16)21-19(22)13-25-20(23)14-24-17-7-5-4-6-8-17/h4-12,18H,3,13-14H2,1-2H3,(H,21,22)/t18-/m0/s1. The second-order valence-corrected chi connectivity index (χ2v) is 5.70. The number of esters is 1. The van der Waals surface area contributed by atoms with Crippen molar-refractivity contribution in [2.24, 2.45) is 0 Å². The smallest absolute Gasteiger partial charge is 0.344 e. The molecule has 2 rings (SSSR count). The Morgan fingerprint density at radius 2 is 1.68 bits per heavy atom. The van der Waals surface area contributed by atoms with E-state index in [4.69, 9.17) is 9.47 Å². The van der Waals surface area contributed by atoms with Crippen LogP contribution in [-0.2, 0) is 14.3 Å². The number of carbonyl (C=O) groups excluding carboxylic acids is 2. The molecule has 0 aromatic heterocycles. The Hall–Kier alpha value is -2.82. The molecule has 0 radical (unpaired) electrons. The van der Waals surface area contributed by atoms with Gasteiger partial charge in [-0.3, -0.25) is 4.79 Å². The molecular formula is C20H23NO4. The maximum absolute atomic E-state index is 12.0. The maximum atomic E-state index is 12.0. The lowest BCUT2D eigenvalue weighted by molar-refractivity contribution is -0.150. The quantitative estimate of drug-likeness (QED) is 0.749. The monoisotopic (exact) mass is 341 g/mol. The molecule has 5 heteroatoms. The van der Waals surface area contributed by atoms with E-state index in [1.807, 2.05) is 56.3 Å². The summed E-state index contributed by atoms with van der Waals surface area (Å²) in [4.78, 5) is 23.7. The van der Waals surface area contributed by atoms with Gasteiger partial charge in [0.05, 0.1) is 6.04 Å². The number of hydrogen-bond acceptors (Lipinski definition) is 4. The van der Waals surface area contributed by atoms with Crippen molar-refractivity contribution in [1.29, 1.82) is 0 Å². The Bertz CT molecular complexity index is 683. The number of nitrogens with one attached hydrogen (secondary N) is 1. The van der Waals surface area contributed by atoms with Crippen molar-refractivity contribution < 1.29 is 19.1 Å². The van der Waals surface area contributed by atoms with Gasteiger partial charge < -0.3 is 14.8 Å². The zero-order valence-electron chi connectivity index (χ0n) is 14.5. The molecule has 0 unspecified atom stereocenters. The van der Waals surface area contributed by atoms with Gasteiger partial charge in [-0.15, -0.1) is 0 Å². The third-order valence-corrected chi connectivity index (χ3v) is 3.69. The SMILES string of the molecule is CC[C@H](NC(=O)COC(=O)COc1ccccc1)c1ccc(C)cc1. The van der Waals surface area contributed by atoms with Gasteiger partial charge in [0.2, 0.25) is 0 Å². The third-order valence-electron chi connectivity index (χ3n) is 3.69. The van der Waals surface area contributed by atoms with Crippen LogP contribution < -0.4 is 10.1 Å². The van der Waals surface area contributed by atoms with Crippen molar-refractivity contribution in [1.82, 2.24) is 5.32 Å². The predicted molar refractivity (Wildman–Crippen MR) is 95.2 cm³/mol.